The minimum atomic E-state index is 0.0182. The average molecular weight is 431 g/mol. The highest BCUT2D eigenvalue weighted by Gasteiger charge is 2.26. The third-order valence-electron chi connectivity index (χ3n) is 4.76. The number of benzene rings is 2. The molecule has 2 aromatic carbocycles. The van der Waals surface area contributed by atoms with E-state index in [2.05, 4.69) is 10.3 Å². The van der Waals surface area contributed by atoms with Crippen LogP contribution < -0.4 is 15.8 Å². The van der Waals surface area contributed by atoms with Gasteiger partial charge in [-0.25, -0.2) is 4.99 Å². The molecule has 0 bridgehead atoms. The molecule has 3 N–H and O–H groups in total. The van der Waals surface area contributed by atoms with Gasteiger partial charge in [-0.3, -0.25) is 4.79 Å². The van der Waals surface area contributed by atoms with E-state index in [1.54, 1.807) is 25.3 Å². The normalized spacial score (nSPS) is 19.5. The fourth-order valence-electron chi connectivity index (χ4n) is 3.39. The van der Waals surface area contributed by atoms with Crippen molar-refractivity contribution in [3.63, 3.8) is 0 Å². The molecule has 1 saturated heterocycles. The number of aliphatic imine (C=N–C) groups is 1. The van der Waals surface area contributed by atoms with E-state index in [0.717, 1.165) is 11.3 Å². The molecule has 2 aromatic rings. The van der Waals surface area contributed by atoms with Crippen LogP contribution in [0.5, 0.6) is 5.75 Å². The lowest BCUT2D eigenvalue weighted by Gasteiger charge is -2.35. The van der Waals surface area contributed by atoms with Gasteiger partial charge in [0.2, 0.25) is 0 Å². The van der Waals surface area contributed by atoms with Crippen LogP contribution in [0.1, 0.15) is 29.8 Å². The third kappa shape index (κ3) is 5.64. The van der Waals surface area contributed by atoms with E-state index in [1.807, 2.05) is 43.0 Å². The Labute approximate surface area is 181 Å². The quantitative estimate of drug-likeness (QED) is 0.559. The number of hydrogen-bond donors (Lipinski definition) is 2. The van der Waals surface area contributed by atoms with Crippen molar-refractivity contribution in [2.75, 3.05) is 25.5 Å². The van der Waals surface area contributed by atoms with Gasteiger partial charge in [0.1, 0.15) is 5.75 Å². The molecular formula is C22H27ClN4O3. The van der Waals surface area contributed by atoms with Crippen LogP contribution in [0, 0.1) is 0 Å². The van der Waals surface area contributed by atoms with E-state index >= 15 is 0 Å². The first-order valence-electron chi connectivity index (χ1n) is 9.80. The van der Waals surface area contributed by atoms with Gasteiger partial charge in [0.25, 0.3) is 5.91 Å². The maximum absolute atomic E-state index is 12.7. The number of anilines is 1. The monoisotopic (exact) mass is 430 g/mol. The van der Waals surface area contributed by atoms with Gasteiger partial charge in [-0.05, 0) is 49.7 Å². The van der Waals surface area contributed by atoms with Crippen molar-refractivity contribution in [3.05, 3.63) is 58.6 Å². The van der Waals surface area contributed by atoms with Crippen LogP contribution in [0.3, 0.4) is 0 Å². The average Bonchev–Trinajstić information content (AvgIpc) is 2.71. The van der Waals surface area contributed by atoms with Crippen LogP contribution in [0.15, 0.2) is 47.5 Å². The van der Waals surface area contributed by atoms with Crippen LogP contribution in [-0.2, 0) is 11.3 Å². The number of rotatable bonds is 5. The highest BCUT2D eigenvalue weighted by atomic mass is 35.5. The minimum absolute atomic E-state index is 0.0182. The third-order valence-corrected chi connectivity index (χ3v) is 5.06. The van der Waals surface area contributed by atoms with Crippen molar-refractivity contribution in [2.45, 2.75) is 32.6 Å². The summed E-state index contributed by atoms with van der Waals surface area (Å²) >= 11 is 6.11. The second-order valence-corrected chi connectivity index (χ2v) is 7.75. The molecular weight excluding hydrogens is 404 g/mol. The molecule has 2 atom stereocenters. The molecule has 1 amide bonds. The summed E-state index contributed by atoms with van der Waals surface area (Å²) in [5, 5.41) is 3.49. The summed E-state index contributed by atoms with van der Waals surface area (Å²) in [6, 6.07) is 12.7. The van der Waals surface area contributed by atoms with Crippen molar-refractivity contribution in [1.29, 1.82) is 0 Å². The Bertz CT molecular complexity index is 907. The Morgan fingerprint density at radius 2 is 1.90 bits per heavy atom. The van der Waals surface area contributed by atoms with Crippen LogP contribution >= 0.6 is 11.6 Å². The van der Waals surface area contributed by atoms with Crippen molar-refractivity contribution in [3.8, 4) is 5.75 Å². The predicted octanol–water partition coefficient (Wildman–Crippen LogP) is 3.52. The summed E-state index contributed by atoms with van der Waals surface area (Å²) in [6.07, 6.45) is 0.0877. The van der Waals surface area contributed by atoms with Crippen molar-refractivity contribution < 1.29 is 14.3 Å². The number of nitrogens with zero attached hydrogens (tertiary/aromatic N) is 2. The van der Waals surface area contributed by atoms with E-state index in [4.69, 9.17) is 26.8 Å². The number of nitrogens with one attached hydrogen (secondary N) is 1. The number of halogens is 1. The standard InChI is InChI=1S/C22H27ClN4O3/c1-14-12-27(13-15(2)30-14)21(28)17-6-4-16(5-7-17)11-25-22(24)26-18-8-9-20(29-3)19(23)10-18/h4-10,14-15H,11-13H2,1-3H3,(H3,24,25,26). The molecule has 3 rings (SSSR count). The zero-order valence-electron chi connectivity index (χ0n) is 17.4. The van der Waals surface area contributed by atoms with E-state index in [-0.39, 0.29) is 24.1 Å². The topological polar surface area (TPSA) is 89.2 Å². The molecule has 1 aliphatic rings. The summed E-state index contributed by atoms with van der Waals surface area (Å²) in [6.45, 7) is 5.56. The van der Waals surface area contributed by atoms with Crippen molar-refractivity contribution in [1.82, 2.24) is 4.90 Å². The summed E-state index contributed by atoms with van der Waals surface area (Å²) < 4.78 is 10.8. The first-order chi connectivity index (χ1) is 14.4. The molecule has 1 aliphatic heterocycles. The molecule has 0 radical (unpaired) electrons. The smallest absolute Gasteiger partial charge is 0.254 e. The van der Waals surface area contributed by atoms with Gasteiger partial charge >= 0.3 is 0 Å². The van der Waals surface area contributed by atoms with E-state index in [9.17, 15) is 4.79 Å². The summed E-state index contributed by atoms with van der Waals surface area (Å²) in [5.41, 5.74) is 8.29. The molecule has 1 fully saturated rings. The van der Waals surface area contributed by atoms with Crippen molar-refractivity contribution in [2.24, 2.45) is 10.7 Å². The fourth-order valence-corrected chi connectivity index (χ4v) is 3.64. The Morgan fingerprint density at radius 3 is 2.50 bits per heavy atom. The summed E-state index contributed by atoms with van der Waals surface area (Å²) in [5.74, 6) is 0.880. The van der Waals surface area contributed by atoms with Crippen LogP contribution in [-0.4, -0.2) is 49.2 Å². The first kappa shape index (κ1) is 21.9. The number of methoxy groups -OCH3 is 1. The molecule has 1 heterocycles. The predicted molar refractivity (Wildman–Crippen MR) is 119 cm³/mol. The number of hydrogen-bond acceptors (Lipinski definition) is 4. The lowest BCUT2D eigenvalue weighted by molar-refractivity contribution is -0.0586. The molecule has 0 saturated carbocycles. The highest BCUT2D eigenvalue weighted by molar-refractivity contribution is 6.32. The van der Waals surface area contributed by atoms with Gasteiger partial charge in [0.05, 0.1) is 30.9 Å². The summed E-state index contributed by atoms with van der Waals surface area (Å²) in [7, 11) is 1.56. The van der Waals surface area contributed by atoms with Crippen molar-refractivity contribution >= 4 is 29.2 Å². The molecule has 0 aromatic heterocycles. The number of guanidine groups is 1. The Kier molecular flexibility index (Phi) is 7.18. The molecule has 7 nitrogen and oxygen atoms in total. The van der Waals surface area contributed by atoms with Gasteiger partial charge in [0.15, 0.2) is 5.96 Å². The Morgan fingerprint density at radius 1 is 1.23 bits per heavy atom. The minimum Gasteiger partial charge on any atom is -0.495 e. The van der Waals surface area contributed by atoms with E-state index in [1.165, 1.54) is 0 Å². The highest BCUT2D eigenvalue weighted by Crippen LogP contribution is 2.27. The van der Waals surface area contributed by atoms with Gasteiger partial charge in [-0.1, -0.05) is 23.7 Å². The number of nitrogens with two attached hydrogens (primary N) is 1. The number of amides is 1. The maximum Gasteiger partial charge on any atom is 0.254 e. The molecule has 2 unspecified atom stereocenters. The number of carbonyl (C=O) groups excluding carboxylic acids is 1. The Balaban J connectivity index is 1.58. The van der Waals surface area contributed by atoms with Crippen LogP contribution in [0.2, 0.25) is 5.02 Å². The lowest BCUT2D eigenvalue weighted by Crippen LogP contribution is -2.48. The number of morpholine rings is 1. The molecule has 0 aliphatic carbocycles. The largest absolute Gasteiger partial charge is 0.495 e. The van der Waals surface area contributed by atoms with E-state index < -0.39 is 0 Å². The number of ether oxygens (including phenoxy) is 2. The van der Waals surface area contributed by atoms with Gasteiger partial charge in [-0.15, -0.1) is 0 Å². The van der Waals surface area contributed by atoms with E-state index in [0.29, 0.717) is 36.0 Å². The SMILES string of the molecule is COc1ccc(NC(N)=NCc2ccc(C(=O)N3CC(C)OC(C)C3)cc2)cc1Cl. The Hall–Kier alpha value is -2.77. The molecule has 30 heavy (non-hydrogen) atoms. The van der Waals surface area contributed by atoms with Crippen LogP contribution in [0.4, 0.5) is 5.69 Å². The van der Waals surface area contributed by atoms with Gasteiger partial charge in [0, 0.05) is 24.3 Å². The fraction of sp³-hybridized carbons (Fsp3) is 0.364. The molecule has 0 spiro atoms. The summed E-state index contributed by atoms with van der Waals surface area (Å²) in [4.78, 5) is 18.9. The maximum atomic E-state index is 12.7. The lowest BCUT2D eigenvalue weighted by atomic mass is 10.1. The van der Waals surface area contributed by atoms with Gasteiger partial charge < -0.3 is 25.4 Å². The first-order valence-corrected chi connectivity index (χ1v) is 10.2. The second kappa shape index (κ2) is 9.82. The second-order valence-electron chi connectivity index (χ2n) is 7.34. The molecule has 160 valence electrons. The van der Waals surface area contributed by atoms with Crippen LogP contribution in [0.25, 0.3) is 0 Å². The zero-order chi connectivity index (χ0) is 21.7. The number of carbonyl (C=O) groups is 1. The zero-order valence-corrected chi connectivity index (χ0v) is 18.1. The molecule has 8 heteroatoms. The van der Waals surface area contributed by atoms with Gasteiger partial charge in [-0.2, -0.15) is 0 Å².